The lowest BCUT2D eigenvalue weighted by molar-refractivity contribution is -0.179. The Balaban J connectivity index is 1.48. The second kappa shape index (κ2) is 8.19. The van der Waals surface area contributed by atoms with E-state index in [1.807, 2.05) is 6.07 Å². The Hall–Kier alpha value is -2.17. The average molecular weight is 533 g/mol. The van der Waals surface area contributed by atoms with Crippen molar-refractivity contribution in [1.29, 1.82) is 0 Å². The number of hydrogen-bond acceptors (Lipinski definition) is 3. The van der Waals surface area contributed by atoms with Crippen LogP contribution in [0.25, 0.3) is 0 Å². The van der Waals surface area contributed by atoms with Gasteiger partial charge in [-0.3, -0.25) is 14.6 Å². The van der Waals surface area contributed by atoms with E-state index in [0.29, 0.717) is 29.2 Å². The van der Waals surface area contributed by atoms with Crippen molar-refractivity contribution < 1.29 is 14.7 Å². The van der Waals surface area contributed by atoms with Gasteiger partial charge in [-0.25, -0.2) is 0 Å². The van der Waals surface area contributed by atoms with E-state index in [9.17, 15) is 14.7 Å². The molecule has 5 aliphatic carbocycles. The van der Waals surface area contributed by atoms with Gasteiger partial charge in [0.05, 0.1) is 11.0 Å². The second-order valence-corrected chi connectivity index (χ2v) is 15.6. The molecule has 1 amide bonds. The molecule has 0 unspecified atom stereocenters. The molecular formula is C34H48N2O3. The van der Waals surface area contributed by atoms with Crippen LogP contribution in [0.3, 0.4) is 0 Å². The maximum atomic E-state index is 12.9. The third kappa shape index (κ3) is 3.22. The second-order valence-electron chi connectivity index (χ2n) is 15.6. The Morgan fingerprint density at radius 1 is 1.00 bits per heavy atom. The average Bonchev–Trinajstić information content (AvgIpc) is 2.85. The van der Waals surface area contributed by atoms with E-state index >= 15 is 0 Å². The predicted molar refractivity (Wildman–Crippen MR) is 153 cm³/mol. The molecule has 3 N–H and O–H groups in total. The van der Waals surface area contributed by atoms with Gasteiger partial charge in [-0.15, -0.1) is 0 Å². The fraction of sp³-hybridized carbons (Fsp3) is 0.735. The first kappa shape index (κ1) is 27.0. The molecule has 1 aromatic heterocycles. The Labute approximate surface area is 234 Å². The van der Waals surface area contributed by atoms with Gasteiger partial charge >= 0.3 is 5.97 Å². The molecule has 0 bridgehead atoms. The summed E-state index contributed by atoms with van der Waals surface area (Å²) >= 11 is 0. The Bertz CT molecular complexity index is 1280. The van der Waals surface area contributed by atoms with Gasteiger partial charge < -0.3 is 10.8 Å². The van der Waals surface area contributed by atoms with Crippen LogP contribution in [-0.4, -0.2) is 22.0 Å². The standard InChI is InChI=1S/C34H48N2O3/c1-19-10-13-34(29(38)39)15-14-32(6)23(26(34)20(19)2)8-9-25-31(5)17-21-16-22(28(35)37)18-36-27(21)30(3,4)24(31)11-12-33(25,32)7/h8,16,18-20,24-26H,9-15,17H2,1-7H3,(H2,35,37)(H,38,39)/t19-,20+,24+,25-,26+,31+,32-,33-,34+/m1/s1. The topological polar surface area (TPSA) is 93.3 Å². The molecule has 1 aromatic rings. The Morgan fingerprint density at radius 3 is 2.38 bits per heavy atom. The van der Waals surface area contributed by atoms with E-state index in [2.05, 4.69) is 54.5 Å². The monoisotopic (exact) mass is 532 g/mol. The third-order valence-corrected chi connectivity index (χ3v) is 14.0. The molecule has 0 saturated heterocycles. The Kier molecular flexibility index (Phi) is 5.68. The van der Waals surface area contributed by atoms with Gasteiger partial charge in [-0.05, 0) is 109 Å². The number of hydrogen-bond donors (Lipinski definition) is 2. The number of rotatable bonds is 2. The number of nitrogens with zero attached hydrogens (tertiary/aromatic N) is 1. The van der Waals surface area contributed by atoms with Gasteiger partial charge in [-0.1, -0.05) is 60.1 Å². The van der Waals surface area contributed by atoms with Gasteiger partial charge in [0.1, 0.15) is 0 Å². The smallest absolute Gasteiger partial charge is 0.310 e. The lowest BCUT2D eigenvalue weighted by atomic mass is 9.33. The van der Waals surface area contributed by atoms with Crippen molar-refractivity contribution in [1.82, 2.24) is 4.98 Å². The molecule has 0 aliphatic heterocycles. The van der Waals surface area contributed by atoms with Crippen LogP contribution in [0.4, 0.5) is 0 Å². The number of primary amides is 1. The van der Waals surface area contributed by atoms with Crippen molar-refractivity contribution in [3.05, 3.63) is 40.7 Å². The van der Waals surface area contributed by atoms with Crippen LogP contribution in [0.5, 0.6) is 0 Å². The minimum absolute atomic E-state index is 0.00340. The zero-order valence-electron chi connectivity index (χ0n) is 25.1. The summed E-state index contributed by atoms with van der Waals surface area (Å²) in [6.45, 7) is 16.9. The molecule has 3 saturated carbocycles. The van der Waals surface area contributed by atoms with Crippen LogP contribution < -0.4 is 5.73 Å². The molecule has 0 spiro atoms. The summed E-state index contributed by atoms with van der Waals surface area (Å²) < 4.78 is 0. The molecule has 212 valence electrons. The van der Waals surface area contributed by atoms with E-state index < -0.39 is 17.3 Å². The molecule has 5 heteroatoms. The number of aliphatic carboxylic acids is 1. The van der Waals surface area contributed by atoms with E-state index in [0.717, 1.165) is 50.6 Å². The van der Waals surface area contributed by atoms with Crippen LogP contribution in [0.1, 0.15) is 115 Å². The number of carbonyl (C=O) groups excluding carboxylic acids is 1. The summed E-state index contributed by atoms with van der Waals surface area (Å²) in [5.41, 5.74) is 9.41. The van der Waals surface area contributed by atoms with Gasteiger partial charge in [0.2, 0.25) is 5.91 Å². The highest BCUT2D eigenvalue weighted by molar-refractivity contribution is 5.92. The fourth-order valence-electron chi connectivity index (χ4n) is 11.6. The van der Waals surface area contributed by atoms with Crippen molar-refractivity contribution in [2.24, 2.45) is 57.0 Å². The van der Waals surface area contributed by atoms with Crippen molar-refractivity contribution in [2.75, 3.05) is 0 Å². The largest absolute Gasteiger partial charge is 0.481 e. The molecular weight excluding hydrogens is 484 g/mol. The molecule has 3 fully saturated rings. The van der Waals surface area contributed by atoms with Crippen LogP contribution in [0.2, 0.25) is 0 Å². The zero-order chi connectivity index (χ0) is 28.3. The fourth-order valence-corrected chi connectivity index (χ4v) is 11.6. The molecule has 1 heterocycles. The molecule has 5 aliphatic rings. The molecule has 39 heavy (non-hydrogen) atoms. The predicted octanol–water partition coefficient (Wildman–Crippen LogP) is 6.94. The molecule has 5 nitrogen and oxygen atoms in total. The van der Waals surface area contributed by atoms with Crippen molar-refractivity contribution in [3.63, 3.8) is 0 Å². The number of nitrogens with two attached hydrogens (primary N) is 1. The van der Waals surface area contributed by atoms with E-state index in [-0.39, 0.29) is 27.6 Å². The first-order valence-corrected chi connectivity index (χ1v) is 15.4. The quantitative estimate of drug-likeness (QED) is 0.404. The lowest BCUT2D eigenvalue weighted by Gasteiger charge is -2.70. The highest BCUT2D eigenvalue weighted by atomic mass is 16.4. The van der Waals surface area contributed by atoms with Crippen LogP contribution in [0, 0.1) is 51.2 Å². The minimum Gasteiger partial charge on any atom is -0.481 e. The molecule has 6 rings (SSSR count). The number of carbonyl (C=O) groups is 2. The Morgan fingerprint density at radius 2 is 1.72 bits per heavy atom. The van der Waals surface area contributed by atoms with Crippen LogP contribution in [-0.2, 0) is 16.6 Å². The van der Waals surface area contributed by atoms with Crippen molar-refractivity contribution in [2.45, 2.75) is 105 Å². The summed E-state index contributed by atoms with van der Waals surface area (Å²) in [4.78, 5) is 29.8. The molecule has 0 radical (unpaired) electrons. The van der Waals surface area contributed by atoms with E-state index in [4.69, 9.17) is 10.7 Å². The number of allylic oxidation sites excluding steroid dienone is 2. The number of fused-ring (bicyclic) bond motifs is 8. The van der Waals surface area contributed by atoms with E-state index in [1.54, 1.807) is 6.20 Å². The van der Waals surface area contributed by atoms with Crippen LogP contribution >= 0.6 is 0 Å². The highest BCUT2D eigenvalue weighted by Gasteiger charge is 2.69. The number of aromatic nitrogens is 1. The molecule has 0 aromatic carbocycles. The number of carboxylic acids is 1. The van der Waals surface area contributed by atoms with Gasteiger partial charge in [0, 0.05) is 17.3 Å². The summed E-state index contributed by atoms with van der Waals surface area (Å²) in [6, 6.07) is 2.01. The van der Waals surface area contributed by atoms with E-state index in [1.165, 1.54) is 17.6 Å². The third-order valence-electron chi connectivity index (χ3n) is 14.0. The zero-order valence-corrected chi connectivity index (χ0v) is 25.1. The van der Waals surface area contributed by atoms with Crippen molar-refractivity contribution in [3.8, 4) is 0 Å². The minimum atomic E-state index is -0.607. The summed E-state index contributed by atoms with van der Waals surface area (Å²) in [6.07, 6.45) is 12.0. The van der Waals surface area contributed by atoms with Crippen LogP contribution in [0.15, 0.2) is 23.9 Å². The van der Waals surface area contributed by atoms with Crippen molar-refractivity contribution >= 4 is 11.9 Å². The number of amides is 1. The molecule has 9 atom stereocenters. The van der Waals surface area contributed by atoms with Gasteiger partial charge in [0.25, 0.3) is 0 Å². The van der Waals surface area contributed by atoms with Gasteiger partial charge in [-0.2, -0.15) is 0 Å². The summed E-state index contributed by atoms with van der Waals surface area (Å²) in [5, 5.41) is 10.6. The number of carboxylic acid groups (broad SMARTS) is 1. The maximum Gasteiger partial charge on any atom is 0.310 e. The lowest BCUT2D eigenvalue weighted by Crippen LogP contribution is -2.65. The summed E-state index contributed by atoms with van der Waals surface area (Å²) in [5.74, 6) is 1.06. The maximum absolute atomic E-state index is 12.9. The highest BCUT2D eigenvalue weighted by Crippen LogP contribution is 2.75. The normalized spacial score (nSPS) is 45.9. The first-order chi connectivity index (χ1) is 18.1. The van der Waals surface area contributed by atoms with Gasteiger partial charge in [0.15, 0.2) is 0 Å². The number of pyridine rings is 1. The first-order valence-electron chi connectivity index (χ1n) is 15.4. The SMILES string of the molecule is C[C@H]1[C@H](C)CC[C@]2(C(=O)O)CC[C@]3(C)C(=CC[C@@H]4[C@@]5(C)Cc6cc(C(N)=O)cnc6C(C)(C)[C@@H]5CC[C@]43C)[C@H]12. The summed E-state index contributed by atoms with van der Waals surface area (Å²) in [7, 11) is 0.